The van der Waals surface area contributed by atoms with Crippen molar-refractivity contribution in [2.75, 3.05) is 7.11 Å². The predicted molar refractivity (Wildman–Crippen MR) is 88.8 cm³/mol. The Labute approximate surface area is 134 Å². The number of ether oxygens (including phenoxy) is 2. The summed E-state index contributed by atoms with van der Waals surface area (Å²) in [7, 11) is 1.57. The Hall–Kier alpha value is -3.02. The molecule has 2 aromatic carbocycles. The van der Waals surface area contributed by atoms with Gasteiger partial charge in [0.2, 0.25) is 0 Å². The Balaban J connectivity index is 2.23. The van der Waals surface area contributed by atoms with Crippen LogP contribution in [-0.4, -0.2) is 19.4 Å². The Bertz CT molecular complexity index is 714. The van der Waals surface area contributed by atoms with Crippen molar-refractivity contribution in [2.24, 2.45) is 10.8 Å². The van der Waals surface area contributed by atoms with E-state index < -0.39 is 6.03 Å². The van der Waals surface area contributed by atoms with Crippen LogP contribution in [0.3, 0.4) is 0 Å². The summed E-state index contributed by atoms with van der Waals surface area (Å²) in [6.07, 6.45) is 1.46. The number of nitrogens with two attached hydrogens (primary N) is 1. The van der Waals surface area contributed by atoms with E-state index in [-0.39, 0.29) is 0 Å². The second-order valence-corrected chi connectivity index (χ2v) is 4.83. The third-order valence-corrected chi connectivity index (χ3v) is 3.24. The maximum absolute atomic E-state index is 10.7. The van der Waals surface area contributed by atoms with Gasteiger partial charge in [0.15, 0.2) is 11.5 Å². The summed E-state index contributed by atoms with van der Waals surface area (Å²) >= 11 is 0. The van der Waals surface area contributed by atoms with Crippen LogP contribution in [0.15, 0.2) is 47.6 Å². The number of rotatable bonds is 6. The molecule has 0 radical (unpaired) electrons. The first kappa shape index (κ1) is 16.4. The molecule has 0 aliphatic heterocycles. The highest BCUT2D eigenvalue weighted by Crippen LogP contribution is 2.31. The number of primary amides is 1. The van der Waals surface area contributed by atoms with Gasteiger partial charge in [-0.2, -0.15) is 5.10 Å². The van der Waals surface area contributed by atoms with Gasteiger partial charge in [-0.1, -0.05) is 30.3 Å². The summed E-state index contributed by atoms with van der Waals surface area (Å²) in [4.78, 5) is 10.7. The van der Waals surface area contributed by atoms with Gasteiger partial charge in [0.1, 0.15) is 6.61 Å². The number of para-hydroxylation sites is 1. The van der Waals surface area contributed by atoms with Crippen LogP contribution < -0.4 is 20.6 Å². The maximum atomic E-state index is 10.7. The van der Waals surface area contributed by atoms with Gasteiger partial charge in [0, 0.05) is 5.56 Å². The van der Waals surface area contributed by atoms with E-state index in [1.807, 2.05) is 43.3 Å². The van der Waals surface area contributed by atoms with Gasteiger partial charge >= 0.3 is 6.03 Å². The van der Waals surface area contributed by atoms with Crippen molar-refractivity contribution in [3.8, 4) is 11.5 Å². The number of hydrazone groups is 1. The first-order valence-corrected chi connectivity index (χ1v) is 7.04. The number of methoxy groups -OCH3 is 1. The lowest BCUT2D eigenvalue weighted by Gasteiger charge is -2.14. The topological polar surface area (TPSA) is 85.9 Å². The third-order valence-electron chi connectivity index (χ3n) is 3.24. The monoisotopic (exact) mass is 313 g/mol. The molecule has 0 aliphatic rings. The number of benzene rings is 2. The van der Waals surface area contributed by atoms with E-state index >= 15 is 0 Å². The Morgan fingerprint density at radius 1 is 1.26 bits per heavy atom. The normalized spacial score (nSPS) is 10.5. The molecule has 2 aromatic rings. The number of nitrogens with zero attached hydrogens (tertiary/aromatic N) is 1. The average Bonchev–Trinajstić information content (AvgIpc) is 2.54. The molecule has 2 amide bonds. The van der Waals surface area contributed by atoms with Crippen LogP contribution in [0, 0.1) is 6.92 Å². The summed E-state index contributed by atoms with van der Waals surface area (Å²) in [6, 6.07) is 12.7. The van der Waals surface area contributed by atoms with Gasteiger partial charge < -0.3 is 15.2 Å². The summed E-state index contributed by atoms with van der Waals surface area (Å²) in [5.41, 5.74) is 10.0. The van der Waals surface area contributed by atoms with E-state index in [9.17, 15) is 4.79 Å². The lowest BCUT2D eigenvalue weighted by molar-refractivity contribution is 0.249. The molecule has 3 N–H and O–H groups in total. The summed E-state index contributed by atoms with van der Waals surface area (Å²) in [5.74, 6) is 1.13. The molecule has 6 nitrogen and oxygen atoms in total. The zero-order valence-electron chi connectivity index (χ0n) is 13.1. The molecule has 2 rings (SSSR count). The second-order valence-electron chi connectivity index (χ2n) is 4.83. The van der Waals surface area contributed by atoms with E-state index in [1.54, 1.807) is 13.2 Å². The molecule has 0 bridgehead atoms. The Kier molecular flexibility index (Phi) is 5.57. The molecule has 6 heteroatoms. The van der Waals surface area contributed by atoms with Crippen LogP contribution in [0.1, 0.15) is 16.7 Å². The standard InChI is InChI=1S/C17H19N3O3/c1-12-6-3-4-7-14(12)11-23-16-13(10-19-20-17(18)21)8-5-9-15(16)22-2/h3-10H,11H2,1-2H3,(H3,18,20,21). The van der Waals surface area contributed by atoms with Crippen molar-refractivity contribution in [1.29, 1.82) is 0 Å². The van der Waals surface area contributed by atoms with Crippen LogP contribution in [0.4, 0.5) is 4.79 Å². The SMILES string of the molecule is COc1cccc(C=NNC(N)=O)c1OCc1ccccc1C. The van der Waals surface area contributed by atoms with Crippen LogP contribution >= 0.6 is 0 Å². The van der Waals surface area contributed by atoms with Crippen molar-refractivity contribution in [3.63, 3.8) is 0 Å². The minimum absolute atomic E-state index is 0.400. The van der Waals surface area contributed by atoms with E-state index in [4.69, 9.17) is 15.2 Å². The van der Waals surface area contributed by atoms with Crippen molar-refractivity contribution >= 4 is 12.2 Å². The zero-order valence-corrected chi connectivity index (χ0v) is 13.1. The van der Waals surface area contributed by atoms with Crippen LogP contribution in [0.25, 0.3) is 0 Å². The molecular weight excluding hydrogens is 294 g/mol. The molecule has 0 atom stereocenters. The maximum Gasteiger partial charge on any atom is 0.332 e. The molecule has 0 spiro atoms. The number of hydrogen-bond donors (Lipinski definition) is 2. The van der Waals surface area contributed by atoms with Crippen LogP contribution in [-0.2, 0) is 6.61 Å². The Morgan fingerprint density at radius 3 is 2.74 bits per heavy atom. The van der Waals surface area contributed by atoms with Crippen molar-refractivity contribution in [3.05, 3.63) is 59.2 Å². The van der Waals surface area contributed by atoms with E-state index in [0.717, 1.165) is 11.1 Å². The molecule has 0 saturated carbocycles. The fraction of sp³-hybridized carbons (Fsp3) is 0.176. The first-order valence-electron chi connectivity index (χ1n) is 7.04. The van der Waals surface area contributed by atoms with Gasteiger partial charge in [-0.05, 0) is 30.2 Å². The summed E-state index contributed by atoms with van der Waals surface area (Å²) < 4.78 is 11.3. The van der Waals surface area contributed by atoms with Gasteiger partial charge in [0.25, 0.3) is 0 Å². The fourth-order valence-electron chi connectivity index (χ4n) is 2.04. The lowest BCUT2D eigenvalue weighted by atomic mass is 10.1. The van der Waals surface area contributed by atoms with Gasteiger partial charge in [-0.15, -0.1) is 0 Å². The highest BCUT2D eigenvalue weighted by atomic mass is 16.5. The van der Waals surface area contributed by atoms with Gasteiger partial charge in [-0.25, -0.2) is 10.2 Å². The molecule has 0 heterocycles. The minimum Gasteiger partial charge on any atom is -0.493 e. The number of nitrogens with one attached hydrogen (secondary N) is 1. The van der Waals surface area contributed by atoms with Crippen molar-refractivity contribution < 1.29 is 14.3 Å². The van der Waals surface area contributed by atoms with Crippen LogP contribution in [0.2, 0.25) is 0 Å². The molecular formula is C17H19N3O3. The minimum atomic E-state index is -0.730. The van der Waals surface area contributed by atoms with E-state index in [2.05, 4.69) is 10.5 Å². The highest BCUT2D eigenvalue weighted by molar-refractivity contribution is 5.86. The van der Waals surface area contributed by atoms with Gasteiger partial charge in [0.05, 0.1) is 13.3 Å². The third kappa shape index (κ3) is 4.47. The summed E-state index contributed by atoms with van der Waals surface area (Å²) in [6.45, 7) is 2.43. The van der Waals surface area contributed by atoms with Crippen molar-refractivity contribution in [1.82, 2.24) is 5.43 Å². The molecule has 0 saturated heterocycles. The lowest BCUT2D eigenvalue weighted by Crippen LogP contribution is -2.24. The van der Waals surface area contributed by atoms with E-state index in [1.165, 1.54) is 6.21 Å². The number of carbonyl (C=O) groups is 1. The number of amides is 2. The number of aryl methyl sites for hydroxylation is 1. The van der Waals surface area contributed by atoms with Crippen LogP contribution in [0.5, 0.6) is 11.5 Å². The smallest absolute Gasteiger partial charge is 0.332 e. The van der Waals surface area contributed by atoms with Crippen molar-refractivity contribution in [2.45, 2.75) is 13.5 Å². The molecule has 23 heavy (non-hydrogen) atoms. The number of urea groups is 1. The average molecular weight is 313 g/mol. The predicted octanol–water partition coefficient (Wildman–Crippen LogP) is 2.58. The zero-order chi connectivity index (χ0) is 16.7. The number of hydrogen-bond acceptors (Lipinski definition) is 4. The van der Waals surface area contributed by atoms with E-state index in [0.29, 0.717) is 23.7 Å². The molecule has 0 aromatic heterocycles. The first-order chi connectivity index (χ1) is 11.1. The molecule has 0 fully saturated rings. The van der Waals surface area contributed by atoms with Gasteiger partial charge in [-0.3, -0.25) is 0 Å². The molecule has 0 unspecified atom stereocenters. The quantitative estimate of drug-likeness (QED) is 0.635. The fourth-order valence-corrected chi connectivity index (χ4v) is 2.04. The molecule has 120 valence electrons. The second kappa shape index (κ2) is 7.84. The largest absolute Gasteiger partial charge is 0.493 e. The summed E-state index contributed by atoms with van der Waals surface area (Å²) in [5, 5.41) is 3.76. The Morgan fingerprint density at radius 2 is 2.04 bits per heavy atom. The highest BCUT2D eigenvalue weighted by Gasteiger charge is 2.10. The molecule has 0 aliphatic carbocycles. The number of carbonyl (C=O) groups excluding carboxylic acids is 1.